The van der Waals surface area contributed by atoms with Crippen molar-refractivity contribution >= 4 is 5.97 Å². The first-order valence-corrected chi connectivity index (χ1v) is 6.49. The molecule has 1 aromatic heterocycles. The number of aromatic nitrogens is 1. The number of esters is 1. The molecule has 1 heterocycles. The van der Waals surface area contributed by atoms with Crippen molar-refractivity contribution in [1.82, 2.24) is 4.98 Å². The van der Waals surface area contributed by atoms with Crippen LogP contribution in [0.15, 0.2) is 42.6 Å². The zero-order chi connectivity index (χ0) is 15.2. The van der Waals surface area contributed by atoms with Crippen LogP contribution in [0.3, 0.4) is 0 Å². The molecule has 0 saturated heterocycles. The Labute approximate surface area is 123 Å². The first kappa shape index (κ1) is 14.8. The van der Waals surface area contributed by atoms with Crippen LogP contribution in [-0.4, -0.2) is 25.2 Å². The number of methoxy groups -OCH3 is 2. The van der Waals surface area contributed by atoms with E-state index in [1.807, 2.05) is 25.1 Å². The lowest BCUT2D eigenvalue weighted by Gasteiger charge is -2.16. The van der Waals surface area contributed by atoms with Gasteiger partial charge in [-0.3, -0.25) is 4.98 Å². The summed E-state index contributed by atoms with van der Waals surface area (Å²) in [7, 11) is 2.86. The second-order valence-electron chi connectivity index (χ2n) is 4.37. The fourth-order valence-electron chi connectivity index (χ4n) is 1.88. The lowest BCUT2D eigenvalue weighted by molar-refractivity contribution is 0.0600. The molecule has 5 nitrogen and oxygen atoms in total. The van der Waals surface area contributed by atoms with Gasteiger partial charge in [-0.1, -0.05) is 6.07 Å². The largest absolute Gasteiger partial charge is 0.493 e. The van der Waals surface area contributed by atoms with Crippen molar-refractivity contribution in [1.29, 1.82) is 0 Å². The first-order chi connectivity index (χ1) is 10.2. The van der Waals surface area contributed by atoms with Crippen LogP contribution in [0.4, 0.5) is 0 Å². The zero-order valence-corrected chi connectivity index (χ0v) is 12.2. The van der Waals surface area contributed by atoms with Crippen molar-refractivity contribution in [3.8, 4) is 11.5 Å². The van der Waals surface area contributed by atoms with Gasteiger partial charge < -0.3 is 14.2 Å². The Balaban J connectivity index is 2.22. The summed E-state index contributed by atoms with van der Waals surface area (Å²) in [5, 5.41) is 0. The predicted molar refractivity (Wildman–Crippen MR) is 77.6 cm³/mol. The molecule has 0 aliphatic carbocycles. The summed E-state index contributed by atoms with van der Waals surface area (Å²) >= 11 is 0. The highest BCUT2D eigenvalue weighted by Gasteiger charge is 2.15. The molecule has 110 valence electrons. The lowest BCUT2D eigenvalue weighted by Crippen LogP contribution is -2.07. The maximum absolute atomic E-state index is 11.5. The molecule has 0 aliphatic rings. The molecule has 0 bridgehead atoms. The predicted octanol–water partition coefficient (Wildman–Crippen LogP) is 3.02. The zero-order valence-electron chi connectivity index (χ0n) is 12.2. The third-order valence-electron chi connectivity index (χ3n) is 2.99. The number of carbonyl (C=O) groups excluding carboxylic acids is 1. The van der Waals surface area contributed by atoms with E-state index >= 15 is 0 Å². The second-order valence-corrected chi connectivity index (χ2v) is 4.37. The van der Waals surface area contributed by atoms with Gasteiger partial charge in [0, 0.05) is 6.20 Å². The van der Waals surface area contributed by atoms with Gasteiger partial charge in [0.15, 0.2) is 11.5 Å². The molecule has 5 heteroatoms. The normalized spacial score (nSPS) is 11.6. The summed E-state index contributed by atoms with van der Waals surface area (Å²) < 4.78 is 15.8. The fourth-order valence-corrected chi connectivity index (χ4v) is 1.88. The van der Waals surface area contributed by atoms with E-state index in [1.54, 1.807) is 24.4 Å². The summed E-state index contributed by atoms with van der Waals surface area (Å²) in [4.78, 5) is 15.8. The van der Waals surface area contributed by atoms with Crippen molar-refractivity contribution in [3.63, 3.8) is 0 Å². The number of rotatable bonds is 5. The van der Waals surface area contributed by atoms with Gasteiger partial charge in [-0.2, -0.15) is 0 Å². The molecule has 0 aliphatic heterocycles. The SMILES string of the molecule is COC(=O)c1ccc(OC(C)c2ccccn2)c(OC)c1. The number of carbonyl (C=O) groups is 1. The van der Waals surface area contributed by atoms with Crippen molar-refractivity contribution in [2.45, 2.75) is 13.0 Å². The molecule has 2 aromatic rings. The number of hydrogen-bond donors (Lipinski definition) is 0. The summed E-state index contributed by atoms with van der Waals surface area (Å²) in [5.74, 6) is 0.599. The van der Waals surface area contributed by atoms with E-state index in [9.17, 15) is 4.79 Å². The summed E-state index contributed by atoms with van der Waals surface area (Å²) in [6, 6.07) is 10.5. The Bertz CT molecular complexity index is 613. The maximum Gasteiger partial charge on any atom is 0.337 e. The Morgan fingerprint density at radius 3 is 2.57 bits per heavy atom. The molecular formula is C16H17NO4. The number of benzene rings is 1. The third kappa shape index (κ3) is 3.51. The molecule has 2 rings (SSSR count). The minimum Gasteiger partial charge on any atom is -0.493 e. The van der Waals surface area contributed by atoms with Crippen LogP contribution in [0, 0.1) is 0 Å². The summed E-state index contributed by atoms with van der Waals surface area (Å²) in [6.07, 6.45) is 1.48. The van der Waals surface area contributed by atoms with E-state index in [1.165, 1.54) is 14.2 Å². The van der Waals surface area contributed by atoms with Crippen LogP contribution >= 0.6 is 0 Å². The number of nitrogens with zero attached hydrogens (tertiary/aromatic N) is 1. The maximum atomic E-state index is 11.5. The van der Waals surface area contributed by atoms with Gasteiger partial charge >= 0.3 is 5.97 Å². The van der Waals surface area contributed by atoms with Crippen LogP contribution in [0.5, 0.6) is 11.5 Å². The van der Waals surface area contributed by atoms with E-state index in [4.69, 9.17) is 9.47 Å². The second kappa shape index (κ2) is 6.74. The smallest absolute Gasteiger partial charge is 0.337 e. The molecule has 1 aromatic carbocycles. The van der Waals surface area contributed by atoms with E-state index in [0.29, 0.717) is 17.1 Å². The van der Waals surface area contributed by atoms with Crippen LogP contribution in [0.2, 0.25) is 0 Å². The van der Waals surface area contributed by atoms with E-state index in [-0.39, 0.29) is 6.10 Å². The first-order valence-electron chi connectivity index (χ1n) is 6.49. The minimum atomic E-state index is -0.419. The average molecular weight is 287 g/mol. The molecule has 0 radical (unpaired) electrons. The average Bonchev–Trinajstić information content (AvgIpc) is 2.55. The van der Waals surface area contributed by atoms with E-state index < -0.39 is 5.97 Å². The van der Waals surface area contributed by atoms with Crippen molar-refractivity contribution in [2.75, 3.05) is 14.2 Å². The minimum absolute atomic E-state index is 0.232. The van der Waals surface area contributed by atoms with Crippen LogP contribution in [0.25, 0.3) is 0 Å². The van der Waals surface area contributed by atoms with Crippen molar-refractivity contribution in [3.05, 3.63) is 53.9 Å². The van der Waals surface area contributed by atoms with E-state index in [2.05, 4.69) is 9.72 Å². The number of ether oxygens (including phenoxy) is 3. The van der Waals surface area contributed by atoms with Crippen LogP contribution in [-0.2, 0) is 4.74 Å². The van der Waals surface area contributed by atoms with Gasteiger partial charge in [0.2, 0.25) is 0 Å². The van der Waals surface area contributed by atoms with Crippen molar-refractivity contribution < 1.29 is 19.0 Å². The third-order valence-corrected chi connectivity index (χ3v) is 2.99. The molecule has 0 spiro atoms. The number of hydrogen-bond acceptors (Lipinski definition) is 5. The molecule has 0 fully saturated rings. The molecular weight excluding hydrogens is 270 g/mol. The Kier molecular flexibility index (Phi) is 4.77. The number of pyridine rings is 1. The molecule has 0 saturated carbocycles. The topological polar surface area (TPSA) is 57.7 Å². The molecule has 0 N–H and O–H groups in total. The summed E-state index contributed by atoms with van der Waals surface area (Å²) in [6.45, 7) is 1.90. The van der Waals surface area contributed by atoms with Gasteiger partial charge in [0.05, 0.1) is 25.5 Å². The summed E-state index contributed by atoms with van der Waals surface area (Å²) in [5.41, 5.74) is 1.23. The van der Waals surface area contributed by atoms with Gasteiger partial charge in [0.25, 0.3) is 0 Å². The lowest BCUT2D eigenvalue weighted by atomic mass is 10.2. The van der Waals surface area contributed by atoms with Crippen LogP contribution in [0.1, 0.15) is 29.1 Å². The highest BCUT2D eigenvalue weighted by molar-refractivity contribution is 5.90. The standard InChI is InChI=1S/C16H17NO4/c1-11(13-6-4-5-9-17-13)21-14-8-7-12(16(18)20-3)10-15(14)19-2/h4-11H,1-3H3. The van der Waals surface area contributed by atoms with E-state index in [0.717, 1.165) is 5.69 Å². The highest BCUT2D eigenvalue weighted by atomic mass is 16.5. The van der Waals surface area contributed by atoms with Crippen LogP contribution < -0.4 is 9.47 Å². The fraction of sp³-hybridized carbons (Fsp3) is 0.250. The monoisotopic (exact) mass is 287 g/mol. The molecule has 0 amide bonds. The highest BCUT2D eigenvalue weighted by Crippen LogP contribution is 2.31. The van der Waals surface area contributed by atoms with Gasteiger partial charge in [0.1, 0.15) is 6.10 Å². The van der Waals surface area contributed by atoms with Gasteiger partial charge in [-0.25, -0.2) is 4.79 Å². The quantitative estimate of drug-likeness (QED) is 0.791. The van der Waals surface area contributed by atoms with Gasteiger partial charge in [-0.05, 0) is 37.3 Å². The molecule has 21 heavy (non-hydrogen) atoms. The van der Waals surface area contributed by atoms with Gasteiger partial charge in [-0.15, -0.1) is 0 Å². The Hall–Kier alpha value is -2.56. The Morgan fingerprint density at radius 2 is 1.95 bits per heavy atom. The Morgan fingerprint density at radius 1 is 1.14 bits per heavy atom. The van der Waals surface area contributed by atoms with Crippen molar-refractivity contribution in [2.24, 2.45) is 0 Å². The molecule has 1 atom stereocenters. The molecule has 1 unspecified atom stereocenters.